The summed E-state index contributed by atoms with van der Waals surface area (Å²) in [5.41, 5.74) is 6.13. The van der Waals surface area contributed by atoms with Crippen LogP contribution in [0.3, 0.4) is 0 Å². The van der Waals surface area contributed by atoms with Crippen molar-refractivity contribution in [1.82, 2.24) is 0 Å². The molecule has 0 aromatic heterocycles. The van der Waals surface area contributed by atoms with Crippen molar-refractivity contribution in [3.05, 3.63) is 27.7 Å². The van der Waals surface area contributed by atoms with Gasteiger partial charge in [-0.25, -0.2) is 0 Å². The SMILES string of the molecule is COc1cc(Cl)c(C(=O)C(N)C(C)C)cc1Cl. The fraction of sp³-hybridized carbons (Fsp3) is 0.417. The number of halogens is 2. The van der Waals surface area contributed by atoms with Crippen LogP contribution in [0.15, 0.2) is 12.1 Å². The zero-order valence-corrected chi connectivity index (χ0v) is 11.5. The highest BCUT2D eigenvalue weighted by molar-refractivity contribution is 6.37. The number of ketones is 1. The summed E-state index contributed by atoms with van der Waals surface area (Å²) in [6.07, 6.45) is 0. The average molecular weight is 276 g/mol. The number of carbonyl (C=O) groups excluding carboxylic acids is 1. The van der Waals surface area contributed by atoms with Crippen molar-refractivity contribution in [3.8, 4) is 5.75 Å². The minimum Gasteiger partial charge on any atom is -0.495 e. The summed E-state index contributed by atoms with van der Waals surface area (Å²) in [4.78, 5) is 12.0. The molecule has 0 amide bonds. The van der Waals surface area contributed by atoms with E-state index in [0.29, 0.717) is 21.4 Å². The second-order valence-electron chi connectivity index (χ2n) is 4.10. The first-order valence-corrected chi connectivity index (χ1v) is 5.97. The van der Waals surface area contributed by atoms with E-state index >= 15 is 0 Å². The molecule has 5 heteroatoms. The van der Waals surface area contributed by atoms with Crippen LogP contribution in [0, 0.1) is 5.92 Å². The summed E-state index contributed by atoms with van der Waals surface area (Å²) < 4.78 is 5.01. The Morgan fingerprint density at radius 3 is 2.35 bits per heavy atom. The predicted molar refractivity (Wildman–Crippen MR) is 70.2 cm³/mol. The van der Waals surface area contributed by atoms with Crippen LogP contribution in [0.25, 0.3) is 0 Å². The van der Waals surface area contributed by atoms with Crippen LogP contribution in [-0.2, 0) is 0 Å². The van der Waals surface area contributed by atoms with Crippen molar-refractivity contribution < 1.29 is 9.53 Å². The lowest BCUT2D eigenvalue weighted by atomic mass is 9.96. The minimum absolute atomic E-state index is 0.0412. The monoisotopic (exact) mass is 275 g/mol. The van der Waals surface area contributed by atoms with Crippen molar-refractivity contribution >= 4 is 29.0 Å². The summed E-state index contributed by atoms with van der Waals surface area (Å²) in [6, 6.07) is 2.43. The molecule has 1 atom stereocenters. The highest BCUT2D eigenvalue weighted by Gasteiger charge is 2.22. The molecule has 0 spiro atoms. The van der Waals surface area contributed by atoms with Gasteiger partial charge in [0.15, 0.2) is 5.78 Å². The molecule has 3 nitrogen and oxygen atoms in total. The van der Waals surface area contributed by atoms with Crippen molar-refractivity contribution in [1.29, 1.82) is 0 Å². The van der Waals surface area contributed by atoms with E-state index in [1.165, 1.54) is 19.2 Å². The summed E-state index contributed by atoms with van der Waals surface area (Å²) >= 11 is 12.0. The van der Waals surface area contributed by atoms with Crippen LogP contribution in [0.1, 0.15) is 24.2 Å². The number of Topliss-reactive ketones (excluding diaryl/α,β-unsaturated/α-hetero) is 1. The molecule has 0 aliphatic carbocycles. The zero-order chi connectivity index (χ0) is 13.2. The van der Waals surface area contributed by atoms with Gasteiger partial charge in [-0.1, -0.05) is 37.0 Å². The molecule has 0 radical (unpaired) electrons. The molecule has 1 unspecified atom stereocenters. The summed E-state index contributed by atoms with van der Waals surface area (Å²) in [6.45, 7) is 3.75. The maximum Gasteiger partial charge on any atom is 0.181 e. The average Bonchev–Trinajstić information content (AvgIpc) is 2.29. The van der Waals surface area contributed by atoms with Gasteiger partial charge in [-0.05, 0) is 12.0 Å². The Bertz CT molecular complexity index is 433. The largest absolute Gasteiger partial charge is 0.495 e. The van der Waals surface area contributed by atoms with E-state index in [0.717, 1.165) is 0 Å². The van der Waals surface area contributed by atoms with Crippen molar-refractivity contribution in [2.45, 2.75) is 19.9 Å². The van der Waals surface area contributed by atoms with Gasteiger partial charge in [-0.3, -0.25) is 4.79 Å². The Kier molecular flexibility index (Phi) is 4.80. The number of benzene rings is 1. The quantitative estimate of drug-likeness (QED) is 0.859. The summed E-state index contributed by atoms with van der Waals surface area (Å²) in [5, 5.41) is 0.642. The Labute approximate surface area is 111 Å². The highest BCUT2D eigenvalue weighted by Crippen LogP contribution is 2.31. The lowest BCUT2D eigenvalue weighted by Gasteiger charge is -2.16. The number of carbonyl (C=O) groups is 1. The van der Waals surface area contributed by atoms with Crippen LogP contribution in [0.5, 0.6) is 5.75 Å². The Hall–Kier alpha value is -0.770. The number of rotatable bonds is 4. The van der Waals surface area contributed by atoms with Crippen LogP contribution in [-0.4, -0.2) is 18.9 Å². The molecule has 0 heterocycles. The highest BCUT2D eigenvalue weighted by atomic mass is 35.5. The Balaban J connectivity index is 3.15. The topological polar surface area (TPSA) is 52.3 Å². The number of hydrogen-bond acceptors (Lipinski definition) is 3. The molecule has 17 heavy (non-hydrogen) atoms. The molecule has 1 aromatic rings. The van der Waals surface area contributed by atoms with Gasteiger partial charge in [-0.15, -0.1) is 0 Å². The second-order valence-corrected chi connectivity index (χ2v) is 4.92. The van der Waals surface area contributed by atoms with E-state index in [9.17, 15) is 4.79 Å². The molecular formula is C12H15Cl2NO2. The Morgan fingerprint density at radius 2 is 1.88 bits per heavy atom. The molecule has 0 bridgehead atoms. The smallest absolute Gasteiger partial charge is 0.181 e. The molecule has 0 saturated heterocycles. The Morgan fingerprint density at radius 1 is 1.29 bits per heavy atom. The lowest BCUT2D eigenvalue weighted by Crippen LogP contribution is -2.35. The normalized spacial score (nSPS) is 12.6. The van der Waals surface area contributed by atoms with Gasteiger partial charge in [0.05, 0.1) is 23.2 Å². The van der Waals surface area contributed by atoms with E-state index in [-0.39, 0.29) is 11.7 Å². The molecule has 0 saturated carbocycles. The first-order chi connectivity index (χ1) is 7.88. The third kappa shape index (κ3) is 3.12. The second kappa shape index (κ2) is 5.71. The molecule has 1 rings (SSSR count). The van der Waals surface area contributed by atoms with Gasteiger partial charge in [0.1, 0.15) is 5.75 Å². The minimum atomic E-state index is -0.586. The van der Waals surface area contributed by atoms with Gasteiger partial charge in [-0.2, -0.15) is 0 Å². The number of methoxy groups -OCH3 is 1. The molecule has 94 valence electrons. The van der Waals surface area contributed by atoms with Gasteiger partial charge in [0.25, 0.3) is 0 Å². The molecule has 2 N–H and O–H groups in total. The van der Waals surface area contributed by atoms with Gasteiger partial charge >= 0.3 is 0 Å². The van der Waals surface area contributed by atoms with E-state index in [4.69, 9.17) is 33.7 Å². The summed E-state index contributed by atoms with van der Waals surface area (Å²) in [5.74, 6) is 0.264. The van der Waals surface area contributed by atoms with Crippen LogP contribution >= 0.6 is 23.2 Å². The fourth-order valence-corrected chi connectivity index (χ4v) is 1.84. The molecule has 0 fully saturated rings. The zero-order valence-electron chi connectivity index (χ0n) is 9.96. The number of ether oxygens (including phenoxy) is 1. The van der Waals surface area contributed by atoms with E-state index in [2.05, 4.69) is 0 Å². The maximum atomic E-state index is 12.0. The van der Waals surface area contributed by atoms with Crippen molar-refractivity contribution in [2.75, 3.05) is 7.11 Å². The predicted octanol–water partition coefficient (Wildman–Crippen LogP) is 3.17. The third-order valence-electron chi connectivity index (χ3n) is 2.53. The molecule has 0 aliphatic heterocycles. The first-order valence-electron chi connectivity index (χ1n) is 5.21. The molecule has 0 aliphatic rings. The number of hydrogen-bond donors (Lipinski definition) is 1. The van der Waals surface area contributed by atoms with Crippen molar-refractivity contribution in [2.24, 2.45) is 11.7 Å². The fourth-order valence-electron chi connectivity index (χ4n) is 1.36. The van der Waals surface area contributed by atoms with Gasteiger partial charge in [0, 0.05) is 11.6 Å². The maximum absolute atomic E-state index is 12.0. The first kappa shape index (κ1) is 14.3. The molecule has 1 aromatic carbocycles. The van der Waals surface area contributed by atoms with E-state index in [1.807, 2.05) is 13.8 Å². The summed E-state index contributed by atoms with van der Waals surface area (Å²) in [7, 11) is 1.49. The van der Waals surface area contributed by atoms with Crippen LogP contribution in [0.2, 0.25) is 10.0 Å². The number of nitrogens with two attached hydrogens (primary N) is 1. The van der Waals surface area contributed by atoms with Crippen LogP contribution < -0.4 is 10.5 Å². The standard InChI is InChI=1S/C12H15Cl2NO2/c1-6(2)11(15)12(16)7-4-9(14)10(17-3)5-8(7)13/h4-6,11H,15H2,1-3H3. The lowest BCUT2D eigenvalue weighted by molar-refractivity contribution is 0.0940. The van der Waals surface area contributed by atoms with Gasteiger partial charge < -0.3 is 10.5 Å². The van der Waals surface area contributed by atoms with Gasteiger partial charge in [0.2, 0.25) is 0 Å². The third-order valence-corrected chi connectivity index (χ3v) is 3.14. The molecular weight excluding hydrogens is 261 g/mol. The van der Waals surface area contributed by atoms with E-state index < -0.39 is 6.04 Å². The van der Waals surface area contributed by atoms with Crippen molar-refractivity contribution in [3.63, 3.8) is 0 Å². The van der Waals surface area contributed by atoms with E-state index in [1.54, 1.807) is 0 Å². The van der Waals surface area contributed by atoms with Crippen LogP contribution in [0.4, 0.5) is 0 Å².